The molecule has 3 nitrogen and oxygen atoms in total. The summed E-state index contributed by atoms with van der Waals surface area (Å²) >= 11 is 0. The van der Waals surface area contributed by atoms with E-state index in [1.54, 1.807) is 11.5 Å². The zero-order valence-corrected chi connectivity index (χ0v) is 10.5. The van der Waals surface area contributed by atoms with Crippen LogP contribution in [0, 0.1) is 18.6 Å². The first kappa shape index (κ1) is 12.5. The molecule has 0 aliphatic heterocycles. The van der Waals surface area contributed by atoms with E-state index in [1.807, 2.05) is 13.8 Å². The summed E-state index contributed by atoms with van der Waals surface area (Å²) in [7, 11) is 0. The summed E-state index contributed by atoms with van der Waals surface area (Å²) < 4.78 is 28.7. The molecule has 0 atom stereocenters. The number of imidazole rings is 1. The highest BCUT2D eigenvalue weighted by molar-refractivity contribution is 5.71. The first-order valence-electron chi connectivity index (χ1n) is 5.71. The summed E-state index contributed by atoms with van der Waals surface area (Å²) in [5, 5.41) is 0. The van der Waals surface area contributed by atoms with E-state index in [0.29, 0.717) is 17.3 Å². The average Bonchev–Trinajstić information content (AvgIpc) is 2.57. The predicted molar refractivity (Wildman–Crippen MR) is 67.1 cm³/mol. The molecule has 0 saturated heterocycles. The van der Waals surface area contributed by atoms with Gasteiger partial charge in [-0.2, -0.15) is 0 Å². The van der Waals surface area contributed by atoms with Crippen LogP contribution in [0.1, 0.15) is 25.7 Å². The lowest BCUT2D eigenvalue weighted by Gasteiger charge is -2.11. The third-order valence-corrected chi connectivity index (χ3v) is 2.82. The standard InChI is InChI=1S/C13H15F2N3/c1-7(2)18-8(3)17-12(13(18)16)10-6-9(14)4-5-11(10)15/h4-7H,16H2,1-3H3. The molecule has 0 spiro atoms. The van der Waals surface area contributed by atoms with E-state index < -0.39 is 11.6 Å². The first-order valence-corrected chi connectivity index (χ1v) is 5.71. The van der Waals surface area contributed by atoms with Crippen LogP contribution >= 0.6 is 0 Å². The van der Waals surface area contributed by atoms with Gasteiger partial charge in [-0.1, -0.05) is 0 Å². The van der Waals surface area contributed by atoms with E-state index in [1.165, 1.54) is 0 Å². The molecule has 2 N–H and O–H groups in total. The number of aryl methyl sites for hydroxylation is 1. The number of halogens is 2. The van der Waals surface area contributed by atoms with Gasteiger partial charge < -0.3 is 10.3 Å². The second-order valence-corrected chi connectivity index (χ2v) is 4.48. The highest BCUT2D eigenvalue weighted by Gasteiger charge is 2.18. The molecule has 0 unspecified atom stereocenters. The van der Waals surface area contributed by atoms with Gasteiger partial charge in [-0.15, -0.1) is 0 Å². The number of aromatic nitrogens is 2. The van der Waals surface area contributed by atoms with Crippen LogP contribution in [0.25, 0.3) is 11.3 Å². The molecule has 96 valence electrons. The topological polar surface area (TPSA) is 43.8 Å². The lowest BCUT2D eigenvalue weighted by molar-refractivity contribution is 0.590. The number of benzene rings is 1. The Hall–Kier alpha value is -1.91. The maximum Gasteiger partial charge on any atom is 0.132 e. The molecule has 1 aromatic heterocycles. The Labute approximate surface area is 104 Å². The molecule has 0 fully saturated rings. The van der Waals surface area contributed by atoms with Crippen LogP contribution in [0.2, 0.25) is 0 Å². The minimum Gasteiger partial charge on any atom is -0.383 e. The zero-order valence-electron chi connectivity index (χ0n) is 10.5. The number of nitrogen functional groups attached to an aromatic ring is 1. The molecule has 1 aromatic carbocycles. The Kier molecular flexibility index (Phi) is 3.07. The van der Waals surface area contributed by atoms with Crippen molar-refractivity contribution in [3.8, 4) is 11.3 Å². The maximum atomic E-state index is 13.7. The highest BCUT2D eigenvalue weighted by atomic mass is 19.1. The third kappa shape index (κ3) is 1.96. The molecular formula is C13H15F2N3. The molecule has 0 aliphatic carbocycles. The van der Waals surface area contributed by atoms with Crippen molar-refractivity contribution in [2.45, 2.75) is 26.8 Å². The molecule has 0 radical (unpaired) electrons. The Bertz CT molecular complexity index is 588. The lowest BCUT2D eigenvalue weighted by Crippen LogP contribution is -2.07. The number of nitrogens with two attached hydrogens (primary N) is 1. The van der Waals surface area contributed by atoms with Crippen molar-refractivity contribution < 1.29 is 8.78 Å². The fourth-order valence-corrected chi connectivity index (χ4v) is 2.09. The highest BCUT2D eigenvalue weighted by Crippen LogP contribution is 2.30. The monoisotopic (exact) mass is 251 g/mol. The summed E-state index contributed by atoms with van der Waals surface area (Å²) in [5.41, 5.74) is 6.35. The van der Waals surface area contributed by atoms with Crippen LogP contribution in [0.5, 0.6) is 0 Å². The Morgan fingerprint density at radius 1 is 1.28 bits per heavy atom. The quantitative estimate of drug-likeness (QED) is 0.890. The van der Waals surface area contributed by atoms with Crippen LogP contribution in [0.4, 0.5) is 14.6 Å². The molecule has 0 aliphatic rings. The summed E-state index contributed by atoms with van der Waals surface area (Å²) in [5.74, 6) is -0.00721. The van der Waals surface area contributed by atoms with Gasteiger partial charge in [0.05, 0.1) is 0 Å². The minimum atomic E-state index is -0.531. The summed E-state index contributed by atoms with van der Waals surface area (Å²) in [4.78, 5) is 4.23. The number of rotatable bonds is 2. The van der Waals surface area contributed by atoms with Crippen LogP contribution in [0.3, 0.4) is 0 Å². The fourth-order valence-electron chi connectivity index (χ4n) is 2.09. The molecule has 1 heterocycles. The molecule has 2 rings (SSSR count). The largest absolute Gasteiger partial charge is 0.383 e. The van der Waals surface area contributed by atoms with Crippen molar-refractivity contribution in [2.24, 2.45) is 0 Å². The lowest BCUT2D eigenvalue weighted by atomic mass is 10.1. The Morgan fingerprint density at radius 3 is 2.50 bits per heavy atom. The van der Waals surface area contributed by atoms with Crippen molar-refractivity contribution in [3.05, 3.63) is 35.7 Å². The van der Waals surface area contributed by atoms with Crippen molar-refractivity contribution >= 4 is 5.82 Å². The molecule has 5 heteroatoms. The van der Waals surface area contributed by atoms with Crippen molar-refractivity contribution in [1.82, 2.24) is 9.55 Å². The van der Waals surface area contributed by atoms with Crippen molar-refractivity contribution in [3.63, 3.8) is 0 Å². The molecule has 0 amide bonds. The number of anilines is 1. The van der Waals surface area contributed by atoms with Crippen LogP contribution < -0.4 is 5.73 Å². The van der Waals surface area contributed by atoms with E-state index in [-0.39, 0.29) is 11.6 Å². The SMILES string of the molecule is Cc1nc(-c2cc(F)ccc2F)c(N)n1C(C)C. The summed E-state index contributed by atoms with van der Waals surface area (Å²) in [6.45, 7) is 5.70. The molecule has 0 saturated carbocycles. The van der Waals surface area contributed by atoms with Gasteiger partial charge in [-0.3, -0.25) is 0 Å². The molecular weight excluding hydrogens is 236 g/mol. The molecule has 0 bridgehead atoms. The molecule has 18 heavy (non-hydrogen) atoms. The minimum absolute atomic E-state index is 0.0926. The second-order valence-electron chi connectivity index (χ2n) is 4.48. The van der Waals surface area contributed by atoms with Gasteiger partial charge in [0, 0.05) is 11.6 Å². The van der Waals surface area contributed by atoms with Crippen LogP contribution in [0.15, 0.2) is 18.2 Å². The van der Waals surface area contributed by atoms with Gasteiger partial charge >= 0.3 is 0 Å². The van der Waals surface area contributed by atoms with E-state index in [9.17, 15) is 8.78 Å². The smallest absolute Gasteiger partial charge is 0.132 e. The van der Waals surface area contributed by atoms with Crippen molar-refractivity contribution in [2.75, 3.05) is 5.73 Å². The van der Waals surface area contributed by atoms with E-state index in [0.717, 1.165) is 18.2 Å². The van der Waals surface area contributed by atoms with E-state index in [2.05, 4.69) is 4.98 Å². The van der Waals surface area contributed by atoms with Gasteiger partial charge in [0.1, 0.15) is 29.0 Å². The maximum absolute atomic E-state index is 13.7. The van der Waals surface area contributed by atoms with E-state index in [4.69, 9.17) is 5.73 Å². The first-order chi connectivity index (χ1) is 8.41. The number of nitrogens with zero attached hydrogens (tertiary/aromatic N) is 2. The Morgan fingerprint density at radius 2 is 1.94 bits per heavy atom. The summed E-state index contributed by atoms with van der Waals surface area (Å²) in [6.07, 6.45) is 0. The van der Waals surface area contributed by atoms with Gasteiger partial charge in [0.15, 0.2) is 0 Å². The third-order valence-electron chi connectivity index (χ3n) is 2.82. The van der Waals surface area contributed by atoms with Crippen LogP contribution in [-0.2, 0) is 0 Å². The van der Waals surface area contributed by atoms with Gasteiger partial charge in [0.2, 0.25) is 0 Å². The predicted octanol–water partition coefficient (Wildman–Crippen LogP) is 3.30. The number of hydrogen-bond donors (Lipinski definition) is 1. The number of hydrogen-bond acceptors (Lipinski definition) is 2. The average molecular weight is 251 g/mol. The normalized spacial score (nSPS) is 11.2. The zero-order chi connectivity index (χ0) is 13.4. The van der Waals surface area contributed by atoms with Gasteiger partial charge in [0.25, 0.3) is 0 Å². The molecule has 2 aromatic rings. The van der Waals surface area contributed by atoms with E-state index >= 15 is 0 Å². The summed E-state index contributed by atoms with van der Waals surface area (Å²) in [6, 6.07) is 3.37. The van der Waals surface area contributed by atoms with Crippen LogP contribution in [-0.4, -0.2) is 9.55 Å². The Balaban J connectivity index is 2.65. The van der Waals surface area contributed by atoms with Gasteiger partial charge in [-0.05, 0) is 39.0 Å². The van der Waals surface area contributed by atoms with Gasteiger partial charge in [-0.25, -0.2) is 13.8 Å². The second kappa shape index (κ2) is 4.40. The fraction of sp³-hybridized carbons (Fsp3) is 0.308. The van der Waals surface area contributed by atoms with Crippen molar-refractivity contribution in [1.29, 1.82) is 0 Å².